The van der Waals surface area contributed by atoms with E-state index in [9.17, 15) is 0 Å². The minimum atomic E-state index is 0.796. The smallest absolute Gasteiger partial charge is 0.185 e. The minimum Gasteiger partial charge on any atom is -0.396 e. The van der Waals surface area contributed by atoms with E-state index in [1.165, 1.54) is 0 Å². The number of pyridine rings is 1. The Morgan fingerprint density at radius 3 is 2.53 bits per heavy atom. The number of rotatable bonds is 2. The Balaban J connectivity index is 1.72. The summed E-state index contributed by atoms with van der Waals surface area (Å²) in [6.07, 6.45) is 3.68. The molecule has 0 atom stereocenters. The number of piperazine rings is 1. The Kier molecular flexibility index (Phi) is 3.25. The summed E-state index contributed by atoms with van der Waals surface area (Å²) in [6.45, 7) is 5.80. The first kappa shape index (κ1) is 12.2. The molecule has 1 fully saturated rings. The van der Waals surface area contributed by atoms with E-state index in [1.807, 2.05) is 30.8 Å². The molecule has 0 aliphatic carbocycles. The second kappa shape index (κ2) is 5.05. The van der Waals surface area contributed by atoms with Gasteiger partial charge in [-0.1, -0.05) is 0 Å². The monoisotopic (exact) mass is 275 g/mol. The number of aromatic nitrogens is 2. The molecule has 19 heavy (non-hydrogen) atoms. The lowest BCUT2D eigenvalue weighted by molar-refractivity contribution is 0.646. The summed E-state index contributed by atoms with van der Waals surface area (Å²) in [6, 6.07) is 1.95. The van der Waals surface area contributed by atoms with Crippen LogP contribution in [0.25, 0.3) is 0 Å². The summed E-state index contributed by atoms with van der Waals surface area (Å²) in [5.41, 5.74) is 8.00. The average molecular weight is 275 g/mol. The van der Waals surface area contributed by atoms with Gasteiger partial charge in [0.25, 0.3) is 0 Å². The van der Waals surface area contributed by atoms with Crippen molar-refractivity contribution in [2.24, 2.45) is 0 Å². The predicted octanol–water partition coefficient (Wildman–Crippen LogP) is 1.76. The standard InChI is InChI=1S/C13H17N5S/c1-10-2-3-15-12(11(10)14)17-5-7-18(8-6-17)13-16-4-9-19-13/h2-4,9H,5-8,14H2,1H3. The largest absolute Gasteiger partial charge is 0.396 e. The van der Waals surface area contributed by atoms with E-state index < -0.39 is 0 Å². The van der Waals surface area contributed by atoms with Crippen LogP contribution < -0.4 is 15.5 Å². The summed E-state index contributed by atoms with van der Waals surface area (Å²) in [7, 11) is 0. The van der Waals surface area contributed by atoms with Crippen LogP contribution in [0.1, 0.15) is 5.56 Å². The lowest BCUT2D eigenvalue weighted by atomic mass is 10.2. The number of nitrogens with zero attached hydrogens (tertiary/aromatic N) is 4. The summed E-state index contributed by atoms with van der Waals surface area (Å²) in [5, 5.41) is 3.12. The molecular weight excluding hydrogens is 258 g/mol. The minimum absolute atomic E-state index is 0.796. The number of aryl methyl sites for hydroxylation is 1. The van der Waals surface area contributed by atoms with E-state index in [0.29, 0.717) is 0 Å². The molecule has 5 nitrogen and oxygen atoms in total. The number of thiazole rings is 1. The molecule has 2 N–H and O–H groups in total. The summed E-state index contributed by atoms with van der Waals surface area (Å²) in [4.78, 5) is 13.3. The molecular formula is C13H17N5S. The van der Waals surface area contributed by atoms with Crippen molar-refractivity contribution in [1.82, 2.24) is 9.97 Å². The number of anilines is 3. The van der Waals surface area contributed by atoms with Crippen LogP contribution in [0.15, 0.2) is 23.8 Å². The number of nitrogens with two attached hydrogens (primary N) is 1. The van der Waals surface area contributed by atoms with Crippen molar-refractivity contribution >= 4 is 28.0 Å². The van der Waals surface area contributed by atoms with Gasteiger partial charge in [-0.25, -0.2) is 9.97 Å². The quantitative estimate of drug-likeness (QED) is 0.905. The van der Waals surface area contributed by atoms with Gasteiger partial charge in [0.15, 0.2) is 10.9 Å². The van der Waals surface area contributed by atoms with Gasteiger partial charge >= 0.3 is 0 Å². The summed E-state index contributed by atoms with van der Waals surface area (Å²) < 4.78 is 0. The van der Waals surface area contributed by atoms with Crippen LogP contribution in [0, 0.1) is 6.92 Å². The van der Waals surface area contributed by atoms with E-state index in [1.54, 1.807) is 11.3 Å². The van der Waals surface area contributed by atoms with Crippen molar-refractivity contribution in [3.63, 3.8) is 0 Å². The van der Waals surface area contributed by atoms with Crippen LogP contribution in [0.2, 0.25) is 0 Å². The highest BCUT2D eigenvalue weighted by Crippen LogP contribution is 2.26. The van der Waals surface area contributed by atoms with Gasteiger partial charge in [-0.3, -0.25) is 0 Å². The molecule has 1 aliphatic rings. The molecule has 0 bridgehead atoms. The third kappa shape index (κ3) is 2.35. The zero-order chi connectivity index (χ0) is 13.2. The number of hydrogen-bond donors (Lipinski definition) is 1. The molecule has 6 heteroatoms. The third-order valence-electron chi connectivity index (χ3n) is 3.46. The first-order chi connectivity index (χ1) is 9.25. The predicted molar refractivity (Wildman–Crippen MR) is 79.9 cm³/mol. The Labute approximate surface area is 116 Å². The first-order valence-corrected chi connectivity index (χ1v) is 7.24. The fraction of sp³-hybridized carbons (Fsp3) is 0.385. The van der Waals surface area contributed by atoms with Crippen molar-refractivity contribution in [2.45, 2.75) is 6.92 Å². The van der Waals surface area contributed by atoms with Gasteiger partial charge in [-0.05, 0) is 18.6 Å². The fourth-order valence-electron chi connectivity index (χ4n) is 2.29. The lowest BCUT2D eigenvalue weighted by Crippen LogP contribution is -2.47. The molecule has 1 aliphatic heterocycles. The van der Waals surface area contributed by atoms with Crippen molar-refractivity contribution in [3.05, 3.63) is 29.4 Å². The Morgan fingerprint density at radius 2 is 1.84 bits per heavy atom. The highest BCUT2D eigenvalue weighted by atomic mass is 32.1. The maximum Gasteiger partial charge on any atom is 0.185 e. The molecule has 100 valence electrons. The summed E-state index contributed by atoms with van der Waals surface area (Å²) >= 11 is 1.69. The SMILES string of the molecule is Cc1ccnc(N2CCN(c3nccs3)CC2)c1N. The van der Waals surface area contributed by atoms with Crippen molar-refractivity contribution in [3.8, 4) is 0 Å². The zero-order valence-electron chi connectivity index (χ0n) is 10.9. The van der Waals surface area contributed by atoms with Crippen LogP contribution in [-0.4, -0.2) is 36.1 Å². The normalized spacial score (nSPS) is 15.8. The van der Waals surface area contributed by atoms with Crippen molar-refractivity contribution < 1.29 is 0 Å². The number of hydrogen-bond acceptors (Lipinski definition) is 6. The Hall–Kier alpha value is -1.82. The van der Waals surface area contributed by atoms with Gasteiger partial charge in [0.2, 0.25) is 0 Å². The topological polar surface area (TPSA) is 58.3 Å². The fourth-order valence-corrected chi connectivity index (χ4v) is 2.99. The highest BCUT2D eigenvalue weighted by molar-refractivity contribution is 7.13. The van der Waals surface area contributed by atoms with Gasteiger partial charge in [0, 0.05) is 44.0 Å². The van der Waals surface area contributed by atoms with E-state index in [-0.39, 0.29) is 0 Å². The maximum absolute atomic E-state index is 6.11. The van der Waals surface area contributed by atoms with Crippen LogP contribution in [0.4, 0.5) is 16.6 Å². The molecule has 2 aromatic heterocycles. The lowest BCUT2D eigenvalue weighted by Gasteiger charge is -2.35. The van der Waals surface area contributed by atoms with Crippen molar-refractivity contribution in [2.75, 3.05) is 41.7 Å². The van der Waals surface area contributed by atoms with Crippen LogP contribution in [0.5, 0.6) is 0 Å². The molecule has 1 saturated heterocycles. The molecule has 3 heterocycles. The molecule has 0 amide bonds. The van der Waals surface area contributed by atoms with E-state index in [0.717, 1.165) is 48.4 Å². The zero-order valence-corrected chi connectivity index (χ0v) is 11.7. The summed E-state index contributed by atoms with van der Waals surface area (Å²) in [5.74, 6) is 0.916. The van der Waals surface area contributed by atoms with E-state index in [2.05, 4.69) is 19.8 Å². The van der Waals surface area contributed by atoms with Gasteiger partial charge < -0.3 is 15.5 Å². The van der Waals surface area contributed by atoms with Crippen LogP contribution in [0.3, 0.4) is 0 Å². The Bertz CT molecular complexity index is 546. The van der Waals surface area contributed by atoms with Gasteiger partial charge in [0.1, 0.15) is 0 Å². The molecule has 0 aromatic carbocycles. The van der Waals surface area contributed by atoms with Crippen LogP contribution >= 0.6 is 11.3 Å². The van der Waals surface area contributed by atoms with E-state index >= 15 is 0 Å². The van der Waals surface area contributed by atoms with Gasteiger partial charge in [0.05, 0.1) is 5.69 Å². The molecule has 0 radical (unpaired) electrons. The third-order valence-corrected chi connectivity index (χ3v) is 4.29. The molecule has 0 spiro atoms. The molecule has 3 rings (SSSR count). The molecule has 0 unspecified atom stereocenters. The number of nitrogen functional groups attached to an aromatic ring is 1. The highest BCUT2D eigenvalue weighted by Gasteiger charge is 2.21. The van der Waals surface area contributed by atoms with Gasteiger partial charge in [-0.2, -0.15) is 0 Å². The second-order valence-electron chi connectivity index (χ2n) is 4.65. The van der Waals surface area contributed by atoms with Crippen molar-refractivity contribution in [1.29, 1.82) is 0 Å². The van der Waals surface area contributed by atoms with E-state index in [4.69, 9.17) is 5.73 Å². The maximum atomic E-state index is 6.11. The first-order valence-electron chi connectivity index (χ1n) is 6.36. The molecule has 2 aromatic rings. The van der Waals surface area contributed by atoms with Gasteiger partial charge in [-0.15, -0.1) is 11.3 Å². The van der Waals surface area contributed by atoms with Crippen LogP contribution in [-0.2, 0) is 0 Å². The average Bonchev–Trinajstić information content (AvgIpc) is 2.96. The molecule has 0 saturated carbocycles. The Morgan fingerprint density at radius 1 is 1.11 bits per heavy atom. The second-order valence-corrected chi connectivity index (χ2v) is 5.53.